The second-order valence-corrected chi connectivity index (χ2v) is 5.98. The number of benzene rings is 2. The number of H-pyrrole nitrogens is 1. The van der Waals surface area contributed by atoms with Crippen molar-refractivity contribution >= 4 is 11.6 Å². The SMILES string of the molecule is C[C@H](c1cccc([N+](=O)[O-])c1)N(C)C(=O)c1cc(-c2ccccc2)n[nH]1. The van der Waals surface area contributed by atoms with Gasteiger partial charge in [-0.25, -0.2) is 0 Å². The number of carbonyl (C=O) groups is 1. The molecule has 0 radical (unpaired) electrons. The second-order valence-electron chi connectivity index (χ2n) is 5.98. The van der Waals surface area contributed by atoms with Crippen LogP contribution in [-0.4, -0.2) is 33.0 Å². The zero-order valence-corrected chi connectivity index (χ0v) is 14.4. The zero-order valence-electron chi connectivity index (χ0n) is 14.4. The van der Waals surface area contributed by atoms with Gasteiger partial charge in [0.25, 0.3) is 11.6 Å². The fourth-order valence-electron chi connectivity index (χ4n) is 2.68. The van der Waals surface area contributed by atoms with E-state index in [2.05, 4.69) is 10.2 Å². The van der Waals surface area contributed by atoms with Gasteiger partial charge in [0.15, 0.2) is 0 Å². The lowest BCUT2D eigenvalue weighted by Crippen LogP contribution is -2.30. The minimum absolute atomic E-state index is 0.00287. The molecule has 132 valence electrons. The average Bonchev–Trinajstić information content (AvgIpc) is 3.17. The number of nitrogens with zero attached hydrogens (tertiary/aromatic N) is 3. The van der Waals surface area contributed by atoms with Crippen molar-refractivity contribution in [3.8, 4) is 11.3 Å². The predicted molar refractivity (Wildman–Crippen MR) is 97.6 cm³/mol. The Morgan fingerprint density at radius 2 is 1.88 bits per heavy atom. The molecule has 2 aromatic carbocycles. The summed E-state index contributed by atoms with van der Waals surface area (Å²) in [5.41, 5.74) is 2.66. The molecule has 0 aliphatic heterocycles. The number of hydrogen-bond acceptors (Lipinski definition) is 4. The number of non-ortho nitro benzene ring substituents is 1. The van der Waals surface area contributed by atoms with Crippen LogP contribution in [0.25, 0.3) is 11.3 Å². The van der Waals surface area contributed by atoms with Gasteiger partial charge in [0.2, 0.25) is 0 Å². The topological polar surface area (TPSA) is 92.1 Å². The van der Waals surface area contributed by atoms with Gasteiger partial charge in [0.05, 0.1) is 16.7 Å². The van der Waals surface area contributed by atoms with Crippen LogP contribution in [0.5, 0.6) is 0 Å². The number of hydrogen-bond donors (Lipinski definition) is 1. The van der Waals surface area contributed by atoms with Crippen molar-refractivity contribution < 1.29 is 9.72 Å². The van der Waals surface area contributed by atoms with E-state index >= 15 is 0 Å². The van der Waals surface area contributed by atoms with E-state index in [1.807, 2.05) is 37.3 Å². The molecule has 1 atom stereocenters. The van der Waals surface area contributed by atoms with Crippen LogP contribution in [-0.2, 0) is 0 Å². The molecule has 1 N–H and O–H groups in total. The van der Waals surface area contributed by atoms with Crippen LogP contribution in [0, 0.1) is 10.1 Å². The van der Waals surface area contributed by atoms with Crippen molar-refractivity contribution in [1.82, 2.24) is 15.1 Å². The van der Waals surface area contributed by atoms with Crippen LogP contribution < -0.4 is 0 Å². The summed E-state index contributed by atoms with van der Waals surface area (Å²) in [5.74, 6) is -0.237. The Morgan fingerprint density at radius 3 is 2.58 bits per heavy atom. The van der Waals surface area contributed by atoms with Crippen molar-refractivity contribution in [2.24, 2.45) is 0 Å². The van der Waals surface area contributed by atoms with Gasteiger partial charge in [-0.1, -0.05) is 42.5 Å². The first kappa shape index (κ1) is 17.3. The number of carbonyl (C=O) groups excluding carboxylic acids is 1. The molecule has 7 heteroatoms. The van der Waals surface area contributed by atoms with Gasteiger partial charge >= 0.3 is 0 Å². The third kappa shape index (κ3) is 3.46. The van der Waals surface area contributed by atoms with Crippen molar-refractivity contribution in [1.29, 1.82) is 0 Å². The number of aromatic amines is 1. The average molecular weight is 350 g/mol. The Bertz CT molecular complexity index is 937. The van der Waals surface area contributed by atoms with E-state index in [0.717, 1.165) is 5.56 Å². The minimum Gasteiger partial charge on any atom is -0.334 e. The van der Waals surface area contributed by atoms with Gasteiger partial charge in [-0.3, -0.25) is 20.0 Å². The van der Waals surface area contributed by atoms with E-state index in [1.54, 1.807) is 25.2 Å². The van der Waals surface area contributed by atoms with Crippen molar-refractivity contribution in [2.45, 2.75) is 13.0 Å². The maximum atomic E-state index is 12.7. The lowest BCUT2D eigenvalue weighted by Gasteiger charge is -2.24. The molecule has 3 rings (SSSR count). The smallest absolute Gasteiger partial charge is 0.272 e. The molecule has 1 aromatic heterocycles. The van der Waals surface area contributed by atoms with E-state index < -0.39 is 4.92 Å². The summed E-state index contributed by atoms with van der Waals surface area (Å²) < 4.78 is 0. The van der Waals surface area contributed by atoms with E-state index in [9.17, 15) is 14.9 Å². The summed E-state index contributed by atoms with van der Waals surface area (Å²) >= 11 is 0. The molecule has 1 heterocycles. The molecule has 0 spiro atoms. The number of aromatic nitrogens is 2. The van der Waals surface area contributed by atoms with Gasteiger partial charge < -0.3 is 4.90 Å². The molecule has 26 heavy (non-hydrogen) atoms. The Labute approximate surface area is 150 Å². The Hall–Kier alpha value is -3.48. The lowest BCUT2D eigenvalue weighted by atomic mass is 10.1. The maximum Gasteiger partial charge on any atom is 0.272 e. The summed E-state index contributed by atoms with van der Waals surface area (Å²) in [6, 6.07) is 17.2. The minimum atomic E-state index is -0.445. The highest BCUT2D eigenvalue weighted by molar-refractivity contribution is 5.93. The largest absolute Gasteiger partial charge is 0.334 e. The summed E-state index contributed by atoms with van der Waals surface area (Å²) in [7, 11) is 1.66. The van der Waals surface area contributed by atoms with Crippen LogP contribution in [0.2, 0.25) is 0 Å². The van der Waals surface area contributed by atoms with Crippen molar-refractivity contribution in [3.63, 3.8) is 0 Å². The van der Waals surface area contributed by atoms with E-state index in [0.29, 0.717) is 17.0 Å². The molecule has 0 bridgehead atoms. The van der Waals surface area contributed by atoms with Crippen molar-refractivity contribution in [3.05, 3.63) is 82.0 Å². The van der Waals surface area contributed by atoms with Gasteiger partial charge in [0, 0.05) is 24.7 Å². The number of amides is 1. The molecule has 1 amide bonds. The third-order valence-electron chi connectivity index (χ3n) is 4.34. The first-order valence-electron chi connectivity index (χ1n) is 8.09. The van der Waals surface area contributed by atoms with Crippen molar-refractivity contribution in [2.75, 3.05) is 7.05 Å². The summed E-state index contributed by atoms with van der Waals surface area (Å²) in [5, 5.41) is 17.9. The van der Waals surface area contributed by atoms with Gasteiger partial charge in [-0.2, -0.15) is 5.10 Å². The van der Waals surface area contributed by atoms with Gasteiger partial charge in [-0.05, 0) is 18.6 Å². The summed E-state index contributed by atoms with van der Waals surface area (Å²) in [6.45, 7) is 1.82. The first-order valence-corrected chi connectivity index (χ1v) is 8.09. The van der Waals surface area contributed by atoms with Gasteiger partial charge in [0.1, 0.15) is 5.69 Å². The summed E-state index contributed by atoms with van der Waals surface area (Å²) in [4.78, 5) is 24.8. The first-order chi connectivity index (χ1) is 12.5. The quantitative estimate of drug-likeness (QED) is 0.559. The Kier molecular flexibility index (Phi) is 4.79. The molecule has 0 aliphatic rings. The fourth-order valence-corrected chi connectivity index (χ4v) is 2.68. The standard InChI is InChI=1S/C19H18N4O3/c1-13(15-9-6-10-16(11-15)23(25)26)22(2)19(24)18-12-17(20-21-18)14-7-4-3-5-8-14/h3-13H,1-2H3,(H,20,21)/t13-/m1/s1. The lowest BCUT2D eigenvalue weighted by molar-refractivity contribution is -0.384. The molecule has 0 fully saturated rings. The molecule has 7 nitrogen and oxygen atoms in total. The monoisotopic (exact) mass is 350 g/mol. The van der Waals surface area contributed by atoms with Crippen LogP contribution in [0.15, 0.2) is 60.7 Å². The van der Waals surface area contributed by atoms with Crippen LogP contribution >= 0.6 is 0 Å². The highest BCUT2D eigenvalue weighted by atomic mass is 16.6. The van der Waals surface area contributed by atoms with Gasteiger partial charge in [-0.15, -0.1) is 0 Å². The van der Waals surface area contributed by atoms with E-state index in [4.69, 9.17) is 0 Å². The number of nitrogens with one attached hydrogen (secondary N) is 1. The van der Waals surface area contributed by atoms with Crippen LogP contribution in [0.1, 0.15) is 29.0 Å². The van der Waals surface area contributed by atoms with Crippen LogP contribution in [0.3, 0.4) is 0 Å². The van der Waals surface area contributed by atoms with E-state index in [1.165, 1.54) is 17.0 Å². The fraction of sp³-hybridized carbons (Fsp3) is 0.158. The molecule has 0 aliphatic carbocycles. The third-order valence-corrected chi connectivity index (χ3v) is 4.34. The summed E-state index contributed by atoms with van der Waals surface area (Å²) in [6.07, 6.45) is 0. The molecule has 3 aromatic rings. The zero-order chi connectivity index (χ0) is 18.7. The number of nitro groups is 1. The normalized spacial score (nSPS) is 11.8. The molecule has 0 unspecified atom stereocenters. The highest BCUT2D eigenvalue weighted by Crippen LogP contribution is 2.25. The number of nitro benzene ring substituents is 1. The molecule has 0 saturated heterocycles. The Morgan fingerprint density at radius 1 is 1.15 bits per heavy atom. The molecular formula is C19H18N4O3. The molecule has 0 saturated carbocycles. The Balaban J connectivity index is 1.80. The van der Waals surface area contributed by atoms with Crippen LogP contribution in [0.4, 0.5) is 5.69 Å². The second kappa shape index (κ2) is 7.18. The number of rotatable bonds is 5. The molecular weight excluding hydrogens is 332 g/mol. The maximum absolute atomic E-state index is 12.7. The highest BCUT2D eigenvalue weighted by Gasteiger charge is 2.22. The predicted octanol–water partition coefficient (Wildman–Crippen LogP) is 3.82. The van der Waals surface area contributed by atoms with E-state index in [-0.39, 0.29) is 17.6 Å².